The molecule has 2 fully saturated rings. The van der Waals surface area contributed by atoms with E-state index >= 15 is 0 Å². The first kappa shape index (κ1) is 10.8. The summed E-state index contributed by atoms with van der Waals surface area (Å²) in [7, 11) is 0. The Morgan fingerprint density at radius 2 is 2.31 bits per heavy atom. The minimum Gasteiger partial charge on any atom is -0.385 e. The van der Waals surface area contributed by atoms with E-state index in [1.807, 2.05) is 13.0 Å². The van der Waals surface area contributed by atoms with Crippen LogP contribution in [-0.4, -0.2) is 5.11 Å². The molecule has 88 valence electrons. The normalized spacial score (nSPS) is 36.5. The molecule has 0 spiro atoms. The summed E-state index contributed by atoms with van der Waals surface area (Å²) >= 11 is 1.68. The lowest BCUT2D eigenvalue weighted by molar-refractivity contribution is 0.0238. The Morgan fingerprint density at radius 3 is 2.88 bits per heavy atom. The van der Waals surface area contributed by atoms with E-state index in [4.69, 9.17) is 0 Å². The van der Waals surface area contributed by atoms with Gasteiger partial charge in [0.1, 0.15) is 0 Å². The van der Waals surface area contributed by atoms with Crippen LogP contribution in [0.5, 0.6) is 0 Å². The molecule has 2 bridgehead atoms. The van der Waals surface area contributed by atoms with Crippen molar-refractivity contribution in [2.75, 3.05) is 0 Å². The van der Waals surface area contributed by atoms with Gasteiger partial charge >= 0.3 is 0 Å². The highest BCUT2D eigenvalue weighted by molar-refractivity contribution is 7.10. The Kier molecular flexibility index (Phi) is 2.60. The third-order valence-corrected chi connectivity index (χ3v) is 5.72. The lowest BCUT2D eigenvalue weighted by Crippen LogP contribution is -2.26. The molecule has 1 N–H and O–H groups in total. The first-order chi connectivity index (χ1) is 7.65. The third-order valence-electron chi connectivity index (χ3n) is 4.60. The minimum absolute atomic E-state index is 0.594. The number of aliphatic hydroxyl groups is 1. The van der Waals surface area contributed by atoms with Crippen LogP contribution in [0.3, 0.4) is 0 Å². The monoisotopic (exact) mass is 236 g/mol. The quantitative estimate of drug-likeness (QED) is 0.846. The van der Waals surface area contributed by atoms with Crippen molar-refractivity contribution in [2.24, 2.45) is 17.8 Å². The van der Waals surface area contributed by atoms with Gasteiger partial charge in [0.2, 0.25) is 0 Å². The SMILES string of the molecule is CC(O)(CC1CC2CCC1C2)c1cccs1. The zero-order valence-corrected chi connectivity index (χ0v) is 10.7. The topological polar surface area (TPSA) is 20.2 Å². The number of hydrogen-bond donors (Lipinski definition) is 1. The van der Waals surface area contributed by atoms with Crippen molar-refractivity contribution < 1.29 is 5.11 Å². The molecule has 4 atom stereocenters. The van der Waals surface area contributed by atoms with Crippen LogP contribution in [0.15, 0.2) is 17.5 Å². The van der Waals surface area contributed by atoms with Crippen LogP contribution >= 0.6 is 11.3 Å². The molecule has 1 aromatic heterocycles. The molecule has 0 aromatic carbocycles. The maximum Gasteiger partial charge on any atom is 0.0962 e. The van der Waals surface area contributed by atoms with E-state index in [1.54, 1.807) is 11.3 Å². The first-order valence-electron chi connectivity index (χ1n) is 6.41. The lowest BCUT2D eigenvalue weighted by Gasteiger charge is -2.30. The van der Waals surface area contributed by atoms with Crippen LogP contribution in [0.2, 0.25) is 0 Å². The van der Waals surface area contributed by atoms with Crippen LogP contribution in [0.25, 0.3) is 0 Å². The number of fused-ring (bicyclic) bond motifs is 2. The van der Waals surface area contributed by atoms with Gasteiger partial charge in [-0.3, -0.25) is 0 Å². The predicted molar refractivity (Wildman–Crippen MR) is 67.4 cm³/mol. The van der Waals surface area contributed by atoms with Crippen LogP contribution in [-0.2, 0) is 5.60 Å². The molecule has 0 radical (unpaired) electrons. The maximum atomic E-state index is 10.6. The summed E-state index contributed by atoms with van der Waals surface area (Å²) < 4.78 is 0. The third kappa shape index (κ3) is 1.82. The van der Waals surface area contributed by atoms with Gasteiger partial charge in [0.05, 0.1) is 5.60 Å². The standard InChI is InChI=1S/C14H20OS/c1-14(15,13-3-2-6-16-13)9-12-8-10-4-5-11(12)7-10/h2-3,6,10-12,15H,4-5,7-9H2,1H3. The zero-order valence-electron chi connectivity index (χ0n) is 9.86. The van der Waals surface area contributed by atoms with Gasteiger partial charge in [0, 0.05) is 4.88 Å². The fourth-order valence-electron chi connectivity index (χ4n) is 3.82. The summed E-state index contributed by atoms with van der Waals surface area (Å²) in [5.74, 6) is 2.67. The molecule has 2 aliphatic rings. The maximum absolute atomic E-state index is 10.6. The van der Waals surface area contributed by atoms with Gasteiger partial charge in [0.25, 0.3) is 0 Å². The summed E-state index contributed by atoms with van der Waals surface area (Å²) in [6, 6.07) is 4.10. The highest BCUT2D eigenvalue weighted by Crippen LogP contribution is 2.51. The molecule has 0 aliphatic heterocycles. The Balaban J connectivity index is 1.70. The molecule has 2 heteroatoms. The van der Waals surface area contributed by atoms with E-state index in [2.05, 4.69) is 11.4 Å². The molecule has 16 heavy (non-hydrogen) atoms. The van der Waals surface area contributed by atoms with Gasteiger partial charge in [-0.25, -0.2) is 0 Å². The minimum atomic E-state index is -0.594. The second-order valence-electron chi connectivity index (χ2n) is 5.89. The van der Waals surface area contributed by atoms with Crippen LogP contribution in [0, 0.1) is 17.8 Å². The van der Waals surface area contributed by atoms with Crippen molar-refractivity contribution in [3.05, 3.63) is 22.4 Å². The van der Waals surface area contributed by atoms with Gasteiger partial charge < -0.3 is 5.11 Å². The van der Waals surface area contributed by atoms with Crippen LogP contribution in [0.1, 0.15) is 43.9 Å². The van der Waals surface area contributed by atoms with Gasteiger partial charge in [-0.05, 0) is 61.8 Å². The van der Waals surface area contributed by atoms with Gasteiger partial charge in [-0.15, -0.1) is 11.3 Å². The Bertz CT molecular complexity index is 355. The highest BCUT2D eigenvalue weighted by Gasteiger charge is 2.42. The van der Waals surface area contributed by atoms with Crippen LogP contribution in [0.4, 0.5) is 0 Å². The fraction of sp³-hybridized carbons (Fsp3) is 0.714. The summed E-state index contributed by atoms with van der Waals surface area (Å²) in [5.41, 5.74) is -0.594. The molecule has 2 aliphatic carbocycles. The van der Waals surface area contributed by atoms with Gasteiger partial charge in [-0.2, -0.15) is 0 Å². The summed E-state index contributed by atoms with van der Waals surface area (Å²) in [6.07, 6.45) is 6.63. The van der Waals surface area contributed by atoms with E-state index in [9.17, 15) is 5.11 Å². The van der Waals surface area contributed by atoms with Crippen molar-refractivity contribution in [3.63, 3.8) is 0 Å². The fourth-order valence-corrected chi connectivity index (χ4v) is 4.62. The summed E-state index contributed by atoms with van der Waals surface area (Å²) in [4.78, 5) is 1.13. The molecular weight excluding hydrogens is 216 g/mol. The number of rotatable bonds is 3. The molecule has 1 aromatic rings. The molecule has 1 heterocycles. The lowest BCUT2D eigenvalue weighted by atomic mass is 9.80. The van der Waals surface area contributed by atoms with E-state index in [0.717, 1.165) is 29.1 Å². The van der Waals surface area contributed by atoms with Crippen molar-refractivity contribution in [3.8, 4) is 0 Å². The van der Waals surface area contributed by atoms with Crippen LogP contribution < -0.4 is 0 Å². The molecule has 2 saturated carbocycles. The first-order valence-corrected chi connectivity index (χ1v) is 7.29. The molecule has 0 saturated heterocycles. The van der Waals surface area contributed by atoms with E-state index < -0.39 is 5.60 Å². The number of hydrogen-bond acceptors (Lipinski definition) is 2. The van der Waals surface area contributed by atoms with Crippen molar-refractivity contribution in [1.82, 2.24) is 0 Å². The van der Waals surface area contributed by atoms with Crippen molar-refractivity contribution >= 4 is 11.3 Å². The molecule has 4 unspecified atom stereocenters. The predicted octanol–water partition coefficient (Wildman–Crippen LogP) is 3.78. The second kappa shape index (κ2) is 3.85. The Labute approximate surface area is 102 Å². The smallest absolute Gasteiger partial charge is 0.0962 e. The van der Waals surface area contributed by atoms with Gasteiger partial charge in [0.15, 0.2) is 0 Å². The van der Waals surface area contributed by atoms with Gasteiger partial charge in [-0.1, -0.05) is 12.5 Å². The average Bonchev–Trinajstić information content (AvgIpc) is 2.94. The zero-order chi connectivity index (χ0) is 11.2. The second-order valence-corrected chi connectivity index (χ2v) is 6.84. The molecular formula is C14H20OS. The summed E-state index contributed by atoms with van der Waals surface area (Å²) in [6.45, 7) is 1.99. The van der Waals surface area contributed by atoms with Crippen molar-refractivity contribution in [1.29, 1.82) is 0 Å². The Morgan fingerprint density at radius 1 is 1.44 bits per heavy atom. The highest BCUT2D eigenvalue weighted by atomic mass is 32.1. The Hall–Kier alpha value is -0.340. The van der Waals surface area contributed by atoms with E-state index in [0.29, 0.717) is 0 Å². The molecule has 3 rings (SSSR count). The van der Waals surface area contributed by atoms with E-state index in [1.165, 1.54) is 25.7 Å². The molecule has 1 nitrogen and oxygen atoms in total. The van der Waals surface area contributed by atoms with Crippen molar-refractivity contribution in [2.45, 2.75) is 44.6 Å². The van der Waals surface area contributed by atoms with E-state index in [-0.39, 0.29) is 0 Å². The summed E-state index contributed by atoms with van der Waals surface area (Å²) in [5, 5.41) is 12.6. The number of thiophene rings is 1. The average molecular weight is 236 g/mol. The largest absolute Gasteiger partial charge is 0.385 e. The molecule has 0 amide bonds.